The Morgan fingerprint density at radius 3 is 2.37 bits per heavy atom. The molecule has 0 aliphatic heterocycles. The van der Waals surface area contributed by atoms with E-state index in [0.29, 0.717) is 21.5 Å². The summed E-state index contributed by atoms with van der Waals surface area (Å²) in [6, 6.07) is 13.9. The molecule has 0 saturated heterocycles. The normalized spacial score (nSPS) is 10.9. The summed E-state index contributed by atoms with van der Waals surface area (Å²) in [7, 11) is 0. The summed E-state index contributed by atoms with van der Waals surface area (Å²) in [6.45, 7) is 3.59. The van der Waals surface area contributed by atoms with Crippen molar-refractivity contribution in [1.82, 2.24) is 20.0 Å². The van der Waals surface area contributed by atoms with E-state index in [-0.39, 0.29) is 12.5 Å². The number of ether oxygens (including phenoxy) is 1. The molecule has 4 rings (SSSR count). The van der Waals surface area contributed by atoms with Gasteiger partial charge in [-0.05, 0) is 62.4 Å². The molecule has 2 heterocycles. The number of aryl methyl sites for hydroxylation is 1. The van der Waals surface area contributed by atoms with Crippen LogP contribution in [0.1, 0.15) is 27.6 Å². The van der Waals surface area contributed by atoms with Gasteiger partial charge in [0.15, 0.2) is 6.61 Å². The molecule has 0 aliphatic carbocycles. The average Bonchev–Trinajstić information content (AvgIpc) is 3.33. The van der Waals surface area contributed by atoms with Crippen molar-refractivity contribution in [1.29, 1.82) is 0 Å². The molecule has 2 aromatic carbocycles. The predicted molar refractivity (Wildman–Crippen MR) is 112 cm³/mol. The molecule has 0 bridgehead atoms. The minimum absolute atomic E-state index is 0.131. The smallest absolute Gasteiger partial charge is 0.338 e. The third-order valence-electron chi connectivity index (χ3n) is 4.44. The minimum atomic E-state index is -0.501. The number of aromatic nitrogens is 4. The van der Waals surface area contributed by atoms with Crippen LogP contribution in [0.5, 0.6) is 0 Å². The molecule has 0 atom stereocenters. The lowest BCUT2D eigenvalue weighted by Crippen LogP contribution is -2.06. The second-order valence-corrected chi connectivity index (χ2v) is 7.34. The topological polar surface area (TPSA) is 83.0 Å². The van der Waals surface area contributed by atoms with Gasteiger partial charge in [-0.2, -0.15) is 5.10 Å². The van der Waals surface area contributed by atoms with Crippen molar-refractivity contribution in [3.63, 3.8) is 0 Å². The lowest BCUT2D eigenvalue weighted by Gasteiger charge is -2.06. The molecular formula is C21H16Cl2N4O3. The highest BCUT2D eigenvalue weighted by molar-refractivity contribution is 6.31. The fourth-order valence-electron chi connectivity index (χ4n) is 2.85. The second-order valence-electron chi connectivity index (χ2n) is 6.53. The largest absolute Gasteiger partial charge is 0.452 e. The molecule has 152 valence electrons. The summed E-state index contributed by atoms with van der Waals surface area (Å²) in [6.07, 6.45) is 0. The third kappa shape index (κ3) is 4.08. The molecule has 0 N–H and O–H groups in total. The van der Waals surface area contributed by atoms with Gasteiger partial charge in [0.1, 0.15) is 0 Å². The zero-order chi connectivity index (χ0) is 21.3. The highest BCUT2D eigenvalue weighted by Gasteiger charge is 2.14. The SMILES string of the molecule is Cc1nn(-c2ccc(C(=O)OCc3nnc(-c4ccc(Cl)cc4)o3)cc2)c(C)c1Cl. The fraction of sp³-hybridized carbons (Fsp3) is 0.143. The molecule has 30 heavy (non-hydrogen) atoms. The lowest BCUT2D eigenvalue weighted by molar-refractivity contribution is 0.0438. The summed E-state index contributed by atoms with van der Waals surface area (Å²) in [4.78, 5) is 12.3. The Hall–Kier alpha value is -3.16. The van der Waals surface area contributed by atoms with Gasteiger partial charge in [0, 0.05) is 10.6 Å². The quantitative estimate of drug-likeness (QED) is 0.394. The van der Waals surface area contributed by atoms with Gasteiger partial charge in [-0.25, -0.2) is 9.48 Å². The molecule has 7 nitrogen and oxygen atoms in total. The van der Waals surface area contributed by atoms with Crippen molar-refractivity contribution in [3.8, 4) is 17.1 Å². The van der Waals surface area contributed by atoms with Gasteiger partial charge in [0.25, 0.3) is 5.89 Å². The Morgan fingerprint density at radius 2 is 1.73 bits per heavy atom. The number of carbonyl (C=O) groups is 1. The molecule has 2 aromatic heterocycles. The Bertz CT molecular complexity index is 1200. The number of hydrogen-bond donors (Lipinski definition) is 0. The summed E-state index contributed by atoms with van der Waals surface area (Å²) >= 11 is 12.1. The van der Waals surface area contributed by atoms with Crippen molar-refractivity contribution in [2.24, 2.45) is 0 Å². The third-order valence-corrected chi connectivity index (χ3v) is 5.23. The Morgan fingerprint density at radius 1 is 1.03 bits per heavy atom. The summed E-state index contributed by atoms with van der Waals surface area (Å²) in [5.74, 6) is 0.0204. The number of hydrogen-bond acceptors (Lipinski definition) is 6. The average molecular weight is 443 g/mol. The maximum Gasteiger partial charge on any atom is 0.338 e. The van der Waals surface area contributed by atoms with Gasteiger partial charge in [0.05, 0.1) is 27.7 Å². The zero-order valence-electron chi connectivity index (χ0n) is 16.1. The van der Waals surface area contributed by atoms with Crippen LogP contribution in [0.3, 0.4) is 0 Å². The highest BCUT2D eigenvalue weighted by Crippen LogP contribution is 2.23. The summed E-state index contributed by atoms with van der Waals surface area (Å²) in [5, 5.41) is 13.5. The highest BCUT2D eigenvalue weighted by atomic mass is 35.5. The van der Waals surface area contributed by atoms with Gasteiger partial charge in [-0.1, -0.05) is 23.2 Å². The van der Waals surface area contributed by atoms with Crippen LogP contribution in [-0.4, -0.2) is 25.9 Å². The van der Waals surface area contributed by atoms with E-state index in [1.54, 1.807) is 53.2 Å². The molecule has 0 aliphatic rings. The first kappa shape index (κ1) is 20.1. The van der Waals surface area contributed by atoms with Gasteiger partial charge >= 0.3 is 5.97 Å². The van der Waals surface area contributed by atoms with Crippen molar-refractivity contribution < 1.29 is 13.9 Å². The first-order valence-electron chi connectivity index (χ1n) is 9.00. The van der Waals surface area contributed by atoms with Crippen LogP contribution < -0.4 is 0 Å². The van der Waals surface area contributed by atoms with Crippen LogP contribution in [0, 0.1) is 13.8 Å². The Kier molecular flexibility index (Phi) is 5.57. The fourth-order valence-corrected chi connectivity index (χ4v) is 3.09. The standard InChI is InChI=1S/C21H16Cl2N4O3/c1-12-19(23)13(2)27(26-12)17-9-5-15(6-10-17)21(28)29-11-18-24-25-20(30-18)14-3-7-16(22)8-4-14/h3-10H,11H2,1-2H3. The van der Waals surface area contributed by atoms with Crippen molar-refractivity contribution in [2.45, 2.75) is 20.5 Å². The lowest BCUT2D eigenvalue weighted by atomic mass is 10.2. The van der Waals surface area contributed by atoms with Crippen molar-refractivity contribution >= 4 is 29.2 Å². The van der Waals surface area contributed by atoms with Crippen LogP contribution in [-0.2, 0) is 11.3 Å². The molecule has 9 heteroatoms. The first-order chi connectivity index (χ1) is 14.4. The van der Waals surface area contributed by atoms with E-state index in [4.69, 9.17) is 32.4 Å². The first-order valence-corrected chi connectivity index (χ1v) is 9.75. The molecule has 0 unspecified atom stereocenters. The summed E-state index contributed by atoms with van der Waals surface area (Å²) < 4.78 is 12.5. The van der Waals surface area contributed by atoms with Crippen LogP contribution in [0.25, 0.3) is 17.1 Å². The number of carbonyl (C=O) groups excluding carboxylic acids is 1. The van der Waals surface area contributed by atoms with Gasteiger partial charge in [0.2, 0.25) is 5.89 Å². The molecule has 0 spiro atoms. The van der Waals surface area contributed by atoms with Crippen LogP contribution in [0.4, 0.5) is 0 Å². The van der Waals surface area contributed by atoms with Crippen molar-refractivity contribution in [2.75, 3.05) is 0 Å². The van der Waals surface area contributed by atoms with E-state index < -0.39 is 5.97 Å². The van der Waals surface area contributed by atoms with Crippen LogP contribution in [0.15, 0.2) is 52.9 Å². The number of esters is 1. The number of benzene rings is 2. The minimum Gasteiger partial charge on any atom is -0.452 e. The monoisotopic (exact) mass is 442 g/mol. The second kappa shape index (κ2) is 8.30. The van der Waals surface area contributed by atoms with Crippen LogP contribution in [0.2, 0.25) is 10.0 Å². The number of halogens is 2. The van der Waals surface area contributed by atoms with Crippen molar-refractivity contribution in [3.05, 3.63) is 81.4 Å². The molecule has 4 aromatic rings. The maximum absolute atomic E-state index is 12.3. The Balaban J connectivity index is 1.41. The number of nitrogens with zero attached hydrogens (tertiary/aromatic N) is 4. The van der Waals surface area contributed by atoms with Crippen LogP contribution >= 0.6 is 23.2 Å². The molecular weight excluding hydrogens is 427 g/mol. The van der Waals surface area contributed by atoms with E-state index >= 15 is 0 Å². The van der Waals surface area contributed by atoms with E-state index in [0.717, 1.165) is 22.6 Å². The zero-order valence-corrected chi connectivity index (χ0v) is 17.6. The molecule has 0 fully saturated rings. The molecule has 0 amide bonds. The molecule has 0 radical (unpaired) electrons. The predicted octanol–water partition coefficient (Wildman–Crippen LogP) is 5.20. The molecule has 0 saturated carbocycles. The summed E-state index contributed by atoms with van der Waals surface area (Å²) in [5.41, 5.74) is 3.49. The van der Waals surface area contributed by atoms with E-state index in [1.807, 2.05) is 13.8 Å². The maximum atomic E-state index is 12.3. The van der Waals surface area contributed by atoms with Gasteiger partial charge in [-0.3, -0.25) is 0 Å². The van der Waals surface area contributed by atoms with E-state index in [9.17, 15) is 4.79 Å². The Labute approximate surface area is 182 Å². The number of rotatable bonds is 5. The van der Waals surface area contributed by atoms with Gasteiger partial charge < -0.3 is 9.15 Å². The van der Waals surface area contributed by atoms with Gasteiger partial charge in [-0.15, -0.1) is 10.2 Å². The van der Waals surface area contributed by atoms with E-state index in [2.05, 4.69) is 15.3 Å². The van der Waals surface area contributed by atoms with E-state index in [1.165, 1.54) is 0 Å².